The molecule has 0 atom stereocenters. The molecule has 0 N–H and O–H groups in total. The fourth-order valence-corrected chi connectivity index (χ4v) is 2.11. The second-order valence-electron chi connectivity index (χ2n) is 5.16. The summed E-state index contributed by atoms with van der Waals surface area (Å²) >= 11 is 0. The highest BCUT2D eigenvalue weighted by molar-refractivity contribution is 5.53. The van der Waals surface area contributed by atoms with Gasteiger partial charge in [-0.2, -0.15) is 0 Å². The molecule has 2 aromatic carbocycles. The lowest BCUT2D eigenvalue weighted by atomic mass is 10.2. The summed E-state index contributed by atoms with van der Waals surface area (Å²) in [6.07, 6.45) is 8.37. The molecule has 2 rings (SSSR count). The van der Waals surface area contributed by atoms with Gasteiger partial charge in [0.15, 0.2) is 0 Å². The van der Waals surface area contributed by atoms with Crippen molar-refractivity contribution in [3.63, 3.8) is 0 Å². The smallest absolute Gasteiger partial charge is 0.258 e. The lowest BCUT2D eigenvalue weighted by Crippen LogP contribution is -2.09. The fraction of sp³-hybridized carbons (Fsp3) is 0. The monoisotopic (exact) mass is 348 g/mol. The average molecular weight is 348 g/mol. The first-order valence-corrected chi connectivity index (χ1v) is 7.74. The first-order valence-electron chi connectivity index (χ1n) is 7.74. The Bertz CT molecular complexity index is 807. The SMILES string of the molecule is O=[N+]([O-])C(=C/C=C/c1ccccc1)/C(=C\C=C\c1ccccc1)[N+](=O)[O-]. The summed E-state index contributed by atoms with van der Waals surface area (Å²) in [4.78, 5) is 21.0. The zero-order valence-electron chi connectivity index (χ0n) is 13.8. The maximum atomic E-state index is 11.3. The maximum Gasteiger partial charge on any atom is 0.346 e. The Labute approximate surface area is 150 Å². The Morgan fingerprint density at radius 1 is 0.654 bits per heavy atom. The molecule has 0 aromatic heterocycles. The third-order valence-electron chi connectivity index (χ3n) is 3.34. The number of hydrogen-bond donors (Lipinski definition) is 0. The van der Waals surface area contributed by atoms with Crippen LogP contribution in [0.2, 0.25) is 0 Å². The molecule has 0 saturated heterocycles. The summed E-state index contributed by atoms with van der Waals surface area (Å²) in [6.45, 7) is 0. The van der Waals surface area contributed by atoms with E-state index in [0.29, 0.717) is 0 Å². The molecule has 0 fully saturated rings. The van der Waals surface area contributed by atoms with Crippen LogP contribution in [-0.4, -0.2) is 9.85 Å². The molecule has 0 saturated carbocycles. The first-order chi connectivity index (χ1) is 12.6. The average Bonchev–Trinajstić information content (AvgIpc) is 2.64. The van der Waals surface area contributed by atoms with Gasteiger partial charge in [-0.25, -0.2) is 0 Å². The maximum absolute atomic E-state index is 11.3. The molecule has 0 spiro atoms. The van der Waals surface area contributed by atoms with E-state index >= 15 is 0 Å². The molecule has 0 aliphatic rings. The van der Waals surface area contributed by atoms with E-state index in [0.717, 1.165) is 23.3 Å². The van der Waals surface area contributed by atoms with Crippen molar-refractivity contribution < 1.29 is 9.85 Å². The summed E-state index contributed by atoms with van der Waals surface area (Å²) in [7, 11) is 0. The van der Waals surface area contributed by atoms with E-state index in [4.69, 9.17) is 0 Å². The van der Waals surface area contributed by atoms with Crippen molar-refractivity contribution in [1.29, 1.82) is 0 Å². The van der Waals surface area contributed by atoms with Gasteiger partial charge in [0.2, 0.25) is 0 Å². The molecule has 6 heteroatoms. The molecule has 0 amide bonds. The number of hydrogen-bond acceptors (Lipinski definition) is 4. The van der Waals surface area contributed by atoms with E-state index < -0.39 is 21.2 Å². The minimum Gasteiger partial charge on any atom is -0.258 e. The molecule has 6 nitrogen and oxygen atoms in total. The van der Waals surface area contributed by atoms with Crippen LogP contribution in [0.4, 0.5) is 0 Å². The van der Waals surface area contributed by atoms with Gasteiger partial charge in [-0.1, -0.05) is 85.0 Å². The molecular weight excluding hydrogens is 332 g/mol. The molecule has 0 unspecified atom stereocenters. The fourth-order valence-electron chi connectivity index (χ4n) is 2.11. The van der Waals surface area contributed by atoms with E-state index in [9.17, 15) is 20.2 Å². The summed E-state index contributed by atoms with van der Waals surface area (Å²) < 4.78 is 0. The van der Waals surface area contributed by atoms with Crippen molar-refractivity contribution in [3.8, 4) is 0 Å². The molecule has 0 bridgehead atoms. The predicted molar refractivity (Wildman–Crippen MR) is 101 cm³/mol. The highest BCUT2D eigenvalue weighted by Crippen LogP contribution is 2.14. The van der Waals surface area contributed by atoms with Crippen LogP contribution in [0, 0.1) is 20.2 Å². The third-order valence-corrected chi connectivity index (χ3v) is 3.34. The molecule has 130 valence electrons. The molecule has 0 heterocycles. The number of allylic oxidation sites excluding steroid dienone is 4. The van der Waals surface area contributed by atoms with E-state index in [2.05, 4.69) is 0 Å². The third kappa shape index (κ3) is 5.68. The predicted octanol–water partition coefficient (Wildman–Crippen LogP) is 4.73. The number of nitro groups is 2. The molecule has 2 aromatic rings. The van der Waals surface area contributed by atoms with E-state index in [1.54, 1.807) is 12.2 Å². The Hall–Kier alpha value is -3.80. The Morgan fingerprint density at radius 3 is 1.31 bits per heavy atom. The van der Waals surface area contributed by atoms with Crippen molar-refractivity contribution in [3.05, 3.63) is 128 Å². The van der Waals surface area contributed by atoms with Crippen LogP contribution in [0.25, 0.3) is 12.2 Å². The van der Waals surface area contributed by atoms with Crippen LogP contribution in [0.15, 0.2) is 96.4 Å². The van der Waals surface area contributed by atoms with Crippen LogP contribution >= 0.6 is 0 Å². The standard InChI is InChI=1S/C20H16N2O4/c23-21(24)19(15-7-13-17-9-3-1-4-10-17)20(22(25)26)16-8-14-18-11-5-2-6-12-18/h1-16H/b13-7+,14-8+,19-15+,20-16+. The molecular formula is C20H16N2O4. The lowest BCUT2D eigenvalue weighted by Gasteiger charge is -1.95. The van der Waals surface area contributed by atoms with Crippen LogP contribution in [0.3, 0.4) is 0 Å². The van der Waals surface area contributed by atoms with Crippen LogP contribution in [0.5, 0.6) is 0 Å². The topological polar surface area (TPSA) is 86.3 Å². The van der Waals surface area contributed by atoms with Gasteiger partial charge in [0.25, 0.3) is 0 Å². The van der Waals surface area contributed by atoms with E-state index in [1.807, 2.05) is 60.7 Å². The molecule has 26 heavy (non-hydrogen) atoms. The second-order valence-corrected chi connectivity index (χ2v) is 5.16. The summed E-state index contributed by atoms with van der Waals surface area (Å²) in [5.74, 6) is 0. The molecule has 0 radical (unpaired) electrons. The van der Waals surface area contributed by atoms with Crippen molar-refractivity contribution in [2.45, 2.75) is 0 Å². The minimum absolute atomic E-state index is 0.583. The highest BCUT2D eigenvalue weighted by atomic mass is 16.6. The second kappa shape index (κ2) is 9.48. The highest BCUT2D eigenvalue weighted by Gasteiger charge is 2.27. The van der Waals surface area contributed by atoms with Gasteiger partial charge in [-0.15, -0.1) is 0 Å². The van der Waals surface area contributed by atoms with Gasteiger partial charge in [-0.3, -0.25) is 20.2 Å². The number of benzene rings is 2. The van der Waals surface area contributed by atoms with E-state index in [-0.39, 0.29) is 0 Å². The Kier molecular flexibility index (Phi) is 6.76. The van der Waals surface area contributed by atoms with Gasteiger partial charge >= 0.3 is 11.4 Å². The number of rotatable bonds is 7. The zero-order valence-corrected chi connectivity index (χ0v) is 13.8. The molecule has 0 aliphatic heterocycles. The normalized spacial score (nSPS) is 12.6. The van der Waals surface area contributed by atoms with Crippen molar-refractivity contribution in [1.82, 2.24) is 0 Å². The Morgan fingerprint density at radius 2 is 1.00 bits per heavy atom. The van der Waals surface area contributed by atoms with Crippen molar-refractivity contribution in [2.75, 3.05) is 0 Å². The van der Waals surface area contributed by atoms with Gasteiger partial charge < -0.3 is 0 Å². The van der Waals surface area contributed by atoms with Crippen molar-refractivity contribution >= 4 is 12.2 Å². The summed E-state index contributed by atoms with van der Waals surface area (Å²) in [5, 5.41) is 22.5. The van der Waals surface area contributed by atoms with Gasteiger partial charge in [-0.05, 0) is 11.1 Å². The Balaban J connectivity index is 2.28. The minimum atomic E-state index is -0.764. The summed E-state index contributed by atoms with van der Waals surface area (Å²) in [6, 6.07) is 18.3. The van der Waals surface area contributed by atoms with Crippen molar-refractivity contribution in [2.24, 2.45) is 0 Å². The van der Waals surface area contributed by atoms with Gasteiger partial charge in [0, 0.05) is 12.2 Å². The first kappa shape index (κ1) is 18.5. The largest absolute Gasteiger partial charge is 0.346 e. The zero-order chi connectivity index (χ0) is 18.8. The van der Waals surface area contributed by atoms with Crippen LogP contribution < -0.4 is 0 Å². The quantitative estimate of drug-likeness (QED) is 0.411. The number of nitrogens with zero attached hydrogens (tertiary/aromatic N) is 2. The summed E-state index contributed by atoms with van der Waals surface area (Å²) in [5.41, 5.74) is 0.504. The van der Waals surface area contributed by atoms with Crippen LogP contribution in [-0.2, 0) is 0 Å². The lowest BCUT2D eigenvalue weighted by molar-refractivity contribution is -0.479. The van der Waals surface area contributed by atoms with Crippen LogP contribution in [0.1, 0.15) is 11.1 Å². The molecule has 0 aliphatic carbocycles. The van der Waals surface area contributed by atoms with Gasteiger partial charge in [0.05, 0.1) is 9.85 Å². The van der Waals surface area contributed by atoms with Gasteiger partial charge in [0.1, 0.15) is 0 Å². The van der Waals surface area contributed by atoms with E-state index in [1.165, 1.54) is 12.2 Å².